The Balaban J connectivity index is 1.29. The van der Waals surface area contributed by atoms with Gasteiger partial charge in [-0.25, -0.2) is 9.97 Å². The third-order valence-electron chi connectivity index (χ3n) is 4.71. The van der Waals surface area contributed by atoms with E-state index in [1.807, 2.05) is 30.3 Å². The highest BCUT2D eigenvalue weighted by molar-refractivity contribution is 5.78. The first kappa shape index (κ1) is 18.1. The largest absolute Gasteiger partial charge is 0.467 e. The Labute approximate surface area is 163 Å². The van der Waals surface area contributed by atoms with Gasteiger partial charge >= 0.3 is 0 Å². The summed E-state index contributed by atoms with van der Waals surface area (Å²) in [6, 6.07) is 9.53. The first-order valence-electron chi connectivity index (χ1n) is 9.27. The van der Waals surface area contributed by atoms with E-state index in [0.29, 0.717) is 13.1 Å². The van der Waals surface area contributed by atoms with Crippen molar-refractivity contribution >= 4 is 11.7 Å². The zero-order valence-electron chi connectivity index (χ0n) is 15.5. The fourth-order valence-corrected chi connectivity index (χ4v) is 3.19. The molecule has 8 heteroatoms. The summed E-state index contributed by atoms with van der Waals surface area (Å²) in [5.74, 6) is 1.66. The van der Waals surface area contributed by atoms with Gasteiger partial charge in [0.2, 0.25) is 5.91 Å². The predicted molar refractivity (Wildman–Crippen MR) is 104 cm³/mol. The number of hydrogen-bond donors (Lipinski definition) is 1. The number of carbonyl (C=O) groups is 1. The monoisotopic (exact) mass is 378 g/mol. The number of furan rings is 1. The topological polar surface area (TPSA) is 87.4 Å². The Morgan fingerprint density at radius 1 is 1.14 bits per heavy atom. The normalized spacial score (nSPS) is 14.8. The maximum Gasteiger partial charge on any atom is 0.234 e. The summed E-state index contributed by atoms with van der Waals surface area (Å²) < 4.78 is 5.23. The van der Waals surface area contributed by atoms with Crippen molar-refractivity contribution in [2.45, 2.75) is 6.54 Å². The average Bonchev–Trinajstić information content (AvgIpc) is 3.27. The molecule has 1 saturated heterocycles. The molecular formula is C20H22N6O2. The molecule has 144 valence electrons. The van der Waals surface area contributed by atoms with E-state index in [-0.39, 0.29) is 5.91 Å². The van der Waals surface area contributed by atoms with E-state index in [1.54, 1.807) is 25.0 Å². The van der Waals surface area contributed by atoms with E-state index in [4.69, 9.17) is 4.42 Å². The average molecular weight is 378 g/mol. The van der Waals surface area contributed by atoms with E-state index in [9.17, 15) is 4.79 Å². The molecule has 0 radical (unpaired) electrons. The zero-order chi connectivity index (χ0) is 19.2. The number of carbonyl (C=O) groups excluding carboxylic acids is 1. The number of nitrogens with zero attached hydrogens (tertiary/aromatic N) is 5. The Bertz CT molecular complexity index is 892. The Morgan fingerprint density at radius 3 is 2.79 bits per heavy atom. The molecular weight excluding hydrogens is 356 g/mol. The van der Waals surface area contributed by atoms with Gasteiger partial charge in [0.05, 0.1) is 25.0 Å². The Kier molecular flexibility index (Phi) is 5.58. The van der Waals surface area contributed by atoms with Gasteiger partial charge in [-0.3, -0.25) is 14.7 Å². The van der Waals surface area contributed by atoms with Crippen LogP contribution >= 0.6 is 0 Å². The first-order valence-corrected chi connectivity index (χ1v) is 9.27. The van der Waals surface area contributed by atoms with E-state index in [0.717, 1.165) is 49.0 Å². The number of aromatic nitrogens is 3. The molecule has 0 bridgehead atoms. The molecule has 1 aliphatic heterocycles. The summed E-state index contributed by atoms with van der Waals surface area (Å²) in [5, 5.41) is 2.89. The van der Waals surface area contributed by atoms with Crippen molar-refractivity contribution in [3.05, 3.63) is 61.1 Å². The summed E-state index contributed by atoms with van der Waals surface area (Å²) in [6.45, 7) is 4.05. The molecule has 4 heterocycles. The van der Waals surface area contributed by atoms with Gasteiger partial charge in [-0.15, -0.1) is 0 Å². The number of hydrogen-bond acceptors (Lipinski definition) is 7. The highest BCUT2D eigenvalue weighted by Gasteiger charge is 2.20. The van der Waals surface area contributed by atoms with Crippen molar-refractivity contribution in [2.24, 2.45) is 0 Å². The molecule has 28 heavy (non-hydrogen) atoms. The van der Waals surface area contributed by atoms with Gasteiger partial charge in [-0.2, -0.15) is 0 Å². The number of amides is 1. The van der Waals surface area contributed by atoms with Gasteiger partial charge in [0.1, 0.15) is 17.9 Å². The molecule has 1 aliphatic rings. The minimum absolute atomic E-state index is 0.00532. The van der Waals surface area contributed by atoms with Crippen LogP contribution in [0.25, 0.3) is 11.3 Å². The molecule has 1 fully saturated rings. The van der Waals surface area contributed by atoms with Gasteiger partial charge in [-0.05, 0) is 24.3 Å². The highest BCUT2D eigenvalue weighted by atomic mass is 16.3. The van der Waals surface area contributed by atoms with E-state index >= 15 is 0 Å². The highest BCUT2D eigenvalue weighted by Crippen LogP contribution is 2.20. The van der Waals surface area contributed by atoms with Crippen molar-refractivity contribution in [1.29, 1.82) is 0 Å². The summed E-state index contributed by atoms with van der Waals surface area (Å²) in [5.41, 5.74) is 1.83. The predicted octanol–water partition coefficient (Wildman–Crippen LogP) is 1.57. The fraction of sp³-hybridized carbons (Fsp3) is 0.300. The van der Waals surface area contributed by atoms with Crippen LogP contribution in [-0.2, 0) is 11.3 Å². The van der Waals surface area contributed by atoms with E-state index < -0.39 is 0 Å². The summed E-state index contributed by atoms with van der Waals surface area (Å²) >= 11 is 0. The Morgan fingerprint density at radius 2 is 2.04 bits per heavy atom. The van der Waals surface area contributed by atoms with Crippen molar-refractivity contribution in [2.75, 3.05) is 37.6 Å². The number of piperazine rings is 1. The van der Waals surface area contributed by atoms with Crippen LogP contribution in [0.15, 0.2) is 59.7 Å². The van der Waals surface area contributed by atoms with Gasteiger partial charge in [0.25, 0.3) is 0 Å². The molecule has 3 aromatic rings. The van der Waals surface area contributed by atoms with Crippen LogP contribution in [0.2, 0.25) is 0 Å². The smallest absolute Gasteiger partial charge is 0.234 e. The molecule has 0 aliphatic carbocycles. The molecule has 1 amide bonds. The van der Waals surface area contributed by atoms with Crippen LogP contribution in [0, 0.1) is 0 Å². The summed E-state index contributed by atoms with van der Waals surface area (Å²) in [7, 11) is 0. The summed E-state index contributed by atoms with van der Waals surface area (Å²) in [6.07, 6.45) is 6.74. The van der Waals surface area contributed by atoms with Crippen molar-refractivity contribution in [3.63, 3.8) is 0 Å². The lowest BCUT2D eigenvalue weighted by atomic mass is 10.2. The Hall–Kier alpha value is -3.26. The van der Waals surface area contributed by atoms with Crippen molar-refractivity contribution in [3.8, 4) is 11.3 Å². The maximum absolute atomic E-state index is 12.1. The molecule has 0 atom stereocenters. The lowest BCUT2D eigenvalue weighted by Gasteiger charge is -2.35. The molecule has 0 spiro atoms. The minimum Gasteiger partial charge on any atom is -0.467 e. The second kappa shape index (κ2) is 8.62. The van der Waals surface area contributed by atoms with Crippen molar-refractivity contribution in [1.82, 2.24) is 25.2 Å². The first-order chi connectivity index (χ1) is 13.8. The van der Waals surface area contributed by atoms with Gasteiger partial charge in [-0.1, -0.05) is 0 Å². The molecule has 3 aromatic heterocycles. The van der Waals surface area contributed by atoms with Crippen LogP contribution in [-0.4, -0.2) is 58.5 Å². The van der Waals surface area contributed by atoms with Crippen molar-refractivity contribution < 1.29 is 9.21 Å². The minimum atomic E-state index is 0.00532. The molecule has 8 nitrogen and oxygen atoms in total. The third kappa shape index (κ3) is 4.52. The maximum atomic E-state index is 12.1. The second-order valence-electron chi connectivity index (χ2n) is 6.62. The number of nitrogens with one attached hydrogen (secondary N) is 1. The number of rotatable bonds is 6. The van der Waals surface area contributed by atoms with Gasteiger partial charge < -0.3 is 14.6 Å². The number of anilines is 1. The van der Waals surface area contributed by atoms with E-state index in [1.165, 1.54) is 0 Å². The molecule has 0 unspecified atom stereocenters. The zero-order valence-corrected chi connectivity index (χ0v) is 15.5. The van der Waals surface area contributed by atoms with E-state index in [2.05, 4.69) is 30.1 Å². The summed E-state index contributed by atoms with van der Waals surface area (Å²) in [4.78, 5) is 29.4. The molecule has 1 N–H and O–H groups in total. The fourth-order valence-electron chi connectivity index (χ4n) is 3.19. The van der Waals surface area contributed by atoms with Crippen LogP contribution in [0.4, 0.5) is 5.82 Å². The third-order valence-corrected chi connectivity index (χ3v) is 4.71. The molecule has 4 rings (SSSR count). The molecule has 0 aromatic carbocycles. The van der Waals surface area contributed by atoms with Crippen LogP contribution in [0.5, 0.6) is 0 Å². The standard InChI is InChI=1S/C20H22N6O2/c27-20(22-13-17-4-2-10-28-17)14-25-6-8-26(9-7-25)19-11-18(23-15-24-19)16-3-1-5-21-12-16/h1-5,10-12,15H,6-9,13-14H2,(H,22,27). The van der Waals surface area contributed by atoms with Crippen LogP contribution in [0.3, 0.4) is 0 Å². The quantitative estimate of drug-likeness (QED) is 0.697. The molecule has 0 saturated carbocycles. The lowest BCUT2D eigenvalue weighted by Crippen LogP contribution is -2.49. The van der Waals surface area contributed by atoms with Gasteiger partial charge in [0.15, 0.2) is 0 Å². The van der Waals surface area contributed by atoms with Crippen LogP contribution in [0.1, 0.15) is 5.76 Å². The lowest BCUT2D eigenvalue weighted by molar-refractivity contribution is -0.122. The van der Waals surface area contributed by atoms with Gasteiger partial charge in [0, 0.05) is 50.2 Å². The SMILES string of the molecule is O=C(CN1CCN(c2cc(-c3cccnc3)ncn2)CC1)NCc1ccco1. The van der Waals surface area contributed by atoms with Crippen LogP contribution < -0.4 is 10.2 Å². The second-order valence-corrected chi connectivity index (χ2v) is 6.62. The number of pyridine rings is 1.